The number of benzene rings is 2. The van der Waals surface area contributed by atoms with Crippen LogP contribution in [-0.2, 0) is 0 Å². The highest BCUT2D eigenvalue weighted by Crippen LogP contribution is 2.36. The summed E-state index contributed by atoms with van der Waals surface area (Å²) in [5.74, 6) is -0.830. The molecule has 3 nitrogen and oxygen atoms in total. The lowest BCUT2D eigenvalue weighted by molar-refractivity contribution is 0.215. The SMILES string of the molecule is O=C(Nc1ccccc1F)N1CCSC(c2cc(F)ccc2F)CC1. The first-order valence-electron chi connectivity index (χ1n) is 7.91. The highest BCUT2D eigenvalue weighted by molar-refractivity contribution is 7.99. The number of halogens is 3. The van der Waals surface area contributed by atoms with E-state index in [1.807, 2.05) is 0 Å². The summed E-state index contributed by atoms with van der Waals surface area (Å²) in [7, 11) is 0. The Morgan fingerprint density at radius 1 is 1.08 bits per heavy atom. The fraction of sp³-hybridized carbons (Fsp3) is 0.278. The molecule has 3 rings (SSSR count). The van der Waals surface area contributed by atoms with Gasteiger partial charge in [-0.15, -0.1) is 0 Å². The first-order chi connectivity index (χ1) is 12.0. The molecule has 0 saturated carbocycles. The molecule has 1 fully saturated rings. The van der Waals surface area contributed by atoms with Gasteiger partial charge >= 0.3 is 6.03 Å². The smallest absolute Gasteiger partial charge is 0.321 e. The molecule has 0 radical (unpaired) electrons. The monoisotopic (exact) mass is 366 g/mol. The van der Waals surface area contributed by atoms with E-state index in [0.717, 1.165) is 12.1 Å². The first kappa shape index (κ1) is 17.7. The number of hydrogen-bond donors (Lipinski definition) is 1. The van der Waals surface area contributed by atoms with Crippen LogP contribution in [-0.4, -0.2) is 29.8 Å². The van der Waals surface area contributed by atoms with Gasteiger partial charge in [0.1, 0.15) is 17.5 Å². The van der Waals surface area contributed by atoms with Crippen molar-refractivity contribution in [3.05, 3.63) is 65.5 Å². The van der Waals surface area contributed by atoms with Crippen LogP contribution in [0.3, 0.4) is 0 Å². The van der Waals surface area contributed by atoms with Crippen molar-refractivity contribution in [1.82, 2.24) is 4.90 Å². The van der Waals surface area contributed by atoms with E-state index in [2.05, 4.69) is 5.32 Å². The molecule has 2 aromatic rings. The molecule has 0 aromatic heterocycles. The molecular formula is C18H17F3N2OS. The third kappa shape index (κ3) is 4.28. The van der Waals surface area contributed by atoms with Gasteiger partial charge in [-0.1, -0.05) is 12.1 Å². The Morgan fingerprint density at radius 3 is 2.68 bits per heavy atom. The Morgan fingerprint density at radius 2 is 1.88 bits per heavy atom. The van der Waals surface area contributed by atoms with Crippen molar-refractivity contribution in [2.75, 3.05) is 24.2 Å². The fourth-order valence-corrected chi connectivity index (χ4v) is 3.98. The van der Waals surface area contributed by atoms with E-state index < -0.39 is 23.5 Å². The molecule has 7 heteroatoms. The maximum Gasteiger partial charge on any atom is 0.321 e. The van der Waals surface area contributed by atoms with Gasteiger partial charge in [-0.2, -0.15) is 11.8 Å². The van der Waals surface area contributed by atoms with Crippen molar-refractivity contribution in [2.24, 2.45) is 0 Å². The molecule has 1 aliphatic rings. The van der Waals surface area contributed by atoms with Gasteiger partial charge in [0, 0.05) is 29.7 Å². The van der Waals surface area contributed by atoms with Gasteiger partial charge in [-0.3, -0.25) is 0 Å². The third-order valence-corrected chi connectivity index (χ3v) is 5.36. The molecule has 1 unspecified atom stereocenters. The average molecular weight is 366 g/mol. The third-order valence-electron chi connectivity index (χ3n) is 4.05. The Labute approximate surface area is 148 Å². The minimum Gasteiger partial charge on any atom is -0.324 e. The summed E-state index contributed by atoms with van der Waals surface area (Å²) in [6, 6.07) is 8.98. The first-order valence-corrected chi connectivity index (χ1v) is 8.96. The van der Waals surface area contributed by atoms with Crippen molar-refractivity contribution in [1.29, 1.82) is 0 Å². The second-order valence-corrected chi connectivity index (χ2v) is 7.02. The minimum atomic E-state index is -0.500. The van der Waals surface area contributed by atoms with Crippen LogP contribution in [0, 0.1) is 17.5 Å². The number of carbonyl (C=O) groups is 1. The molecule has 132 valence electrons. The highest BCUT2D eigenvalue weighted by Gasteiger charge is 2.24. The number of para-hydroxylation sites is 1. The summed E-state index contributed by atoms with van der Waals surface area (Å²) in [5, 5.41) is 2.33. The zero-order valence-electron chi connectivity index (χ0n) is 13.3. The summed E-state index contributed by atoms with van der Waals surface area (Å²) >= 11 is 1.49. The van der Waals surface area contributed by atoms with Crippen LogP contribution in [0.2, 0.25) is 0 Å². The topological polar surface area (TPSA) is 32.3 Å². The molecule has 0 aliphatic carbocycles. The van der Waals surface area contributed by atoms with E-state index in [9.17, 15) is 18.0 Å². The molecule has 1 N–H and O–H groups in total. The molecule has 1 aliphatic heterocycles. The predicted octanol–water partition coefficient (Wildman–Crippen LogP) is 4.82. The molecule has 0 bridgehead atoms. The number of rotatable bonds is 2. The number of amides is 2. The highest BCUT2D eigenvalue weighted by atomic mass is 32.2. The van der Waals surface area contributed by atoms with Gasteiger partial charge < -0.3 is 10.2 Å². The van der Waals surface area contributed by atoms with Crippen molar-refractivity contribution in [3.8, 4) is 0 Å². The van der Waals surface area contributed by atoms with Crippen LogP contribution >= 0.6 is 11.8 Å². The van der Waals surface area contributed by atoms with E-state index in [4.69, 9.17) is 0 Å². The summed E-state index contributed by atoms with van der Waals surface area (Å²) < 4.78 is 41.0. The Bertz CT molecular complexity index is 772. The Hall–Kier alpha value is -2.15. The van der Waals surface area contributed by atoms with Gasteiger partial charge in [0.2, 0.25) is 0 Å². The fourth-order valence-electron chi connectivity index (χ4n) is 2.74. The number of hydrogen-bond acceptors (Lipinski definition) is 2. The quantitative estimate of drug-likeness (QED) is 0.827. The van der Waals surface area contributed by atoms with Gasteiger partial charge in [0.15, 0.2) is 0 Å². The molecular weight excluding hydrogens is 349 g/mol. The molecule has 0 spiro atoms. The van der Waals surface area contributed by atoms with Crippen LogP contribution in [0.1, 0.15) is 17.2 Å². The zero-order valence-corrected chi connectivity index (χ0v) is 14.2. The lowest BCUT2D eigenvalue weighted by Gasteiger charge is -2.21. The van der Waals surface area contributed by atoms with Gasteiger partial charge in [0.25, 0.3) is 0 Å². The summed E-state index contributed by atoms with van der Waals surface area (Å²) in [4.78, 5) is 13.9. The number of thioether (sulfide) groups is 1. The molecule has 25 heavy (non-hydrogen) atoms. The zero-order chi connectivity index (χ0) is 17.8. The van der Waals surface area contributed by atoms with Crippen molar-refractivity contribution in [3.63, 3.8) is 0 Å². The number of anilines is 1. The largest absolute Gasteiger partial charge is 0.324 e. The van der Waals surface area contributed by atoms with Crippen LogP contribution in [0.4, 0.5) is 23.7 Å². The maximum absolute atomic E-state index is 14.0. The Kier molecular flexibility index (Phi) is 5.53. The molecule has 1 saturated heterocycles. The lowest BCUT2D eigenvalue weighted by Crippen LogP contribution is -2.36. The normalized spacial score (nSPS) is 17.9. The second-order valence-electron chi connectivity index (χ2n) is 5.71. The van der Waals surface area contributed by atoms with E-state index in [0.29, 0.717) is 30.8 Å². The standard InChI is InChI=1S/C18H17F3N2OS/c19-12-5-6-14(20)13(11-12)17-7-8-23(9-10-25-17)18(24)22-16-4-2-1-3-15(16)21/h1-6,11,17H,7-10H2,(H,22,24). The van der Waals surface area contributed by atoms with E-state index in [1.165, 1.54) is 30.0 Å². The van der Waals surface area contributed by atoms with Crippen LogP contribution in [0.25, 0.3) is 0 Å². The number of nitrogens with zero attached hydrogens (tertiary/aromatic N) is 1. The minimum absolute atomic E-state index is 0.122. The summed E-state index contributed by atoms with van der Waals surface area (Å²) in [6.45, 7) is 0.840. The van der Waals surface area contributed by atoms with Crippen molar-refractivity contribution < 1.29 is 18.0 Å². The van der Waals surface area contributed by atoms with Crippen molar-refractivity contribution in [2.45, 2.75) is 11.7 Å². The van der Waals surface area contributed by atoms with Crippen LogP contribution < -0.4 is 5.32 Å². The van der Waals surface area contributed by atoms with E-state index in [-0.39, 0.29) is 10.9 Å². The van der Waals surface area contributed by atoms with Crippen LogP contribution in [0.15, 0.2) is 42.5 Å². The number of carbonyl (C=O) groups excluding carboxylic acids is 1. The van der Waals surface area contributed by atoms with E-state index >= 15 is 0 Å². The lowest BCUT2D eigenvalue weighted by atomic mass is 10.1. The molecule has 1 atom stereocenters. The van der Waals surface area contributed by atoms with Gasteiger partial charge in [-0.25, -0.2) is 18.0 Å². The molecule has 1 heterocycles. The van der Waals surface area contributed by atoms with Gasteiger partial charge in [-0.05, 0) is 36.8 Å². The second kappa shape index (κ2) is 7.82. The Balaban J connectivity index is 1.66. The van der Waals surface area contributed by atoms with Crippen molar-refractivity contribution >= 4 is 23.5 Å². The maximum atomic E-state index is 14.0. The van der Waals surface area contributed by atoms with Crippen LogP contribution in [0.5, 0.6) is 0 Å². The average Bonchev–Trinajstić information content (AvgIpc) is 2.85. The number of urea groups is 1. The summed E-state index contributed by atoms with van der Waals surface area (Å²) in [5.41, 5.74) is 0.443. The summed E-state index contributed by atoms with van der Waals surface area (Å²) in [6.07, 6.45) is 0.496. The molecule has 2 amide bonds. The van der Waals surface area contributed by atoms with Gasteiger partial charge in [0.05, 0.1) is 5.69 Å². The number of nitrogens with one attached hydrogen (secondary N) is 1. The predicted molar refractivity (Wildman–Crippen MR) is 93.2 cm³/mol. The molecule has 2 aromatic carbocycles. The van der Waals surface area contributed by atoms with E-state index in [1.54, 1.807) is 17.0 Å².